The van der Waals surface area contributed by atoms with Crippen molar-refractivity contribution in [3.63, 3.8) is 0 Å². The number of likely N-dealkylation sites (N-methyl/N-ethyl adjacent to an activating group) is 1. The third-order valence-electron chi connectivity index (χ3n) is 4.16. The highest BCUT2D eigenvalue weighted by molar-refractivity contribution is 5.66. The summed E-state index contributed by atoms with van der Waals surface area (Å²) in [7, 11) is 1.57. The van der Waals surface area contributed by atoms with Gasteiger partial charge in [-0.2, -0.15) is 0 Å². The van der Waals surface area contributed by atoms with Crippen molar-refractivity contribution in [1.82, 2.24) is 9.88 Å². The average molecular weight is 312 g/mol. The van der Waals surface area contributed by atoms with E-state index in [9.17, 15) is 4.79 Å². The van der Waals surface area contributed by atoms with E-state index in [0.717, 1.165) is 29.7 Å². The maximum Gasteiger partial charge on any atom is 0.407 e. The maximum absolute atomic E-state index is 11.1. The number of hydrogen-bond acceptors (Lipinski definition) is 3. The molecule has 0 aliphatic carbocycles. The number of amides is 1. The molecule has 0 saturated heterocycles. The van der Waals surface area contributed by atoms with Gasteiger partial charge in [0.05, 0.1) is 12.2 Å². The zero-order valence-electron chi connectivity index (χ0n) is 13.1. The Bertz CT molecular complexity index is 688. The molecule has 120 valence electrons. The monoisotopic (exact) mass is 312 g/mol. The van der Waals surface area contributed by atoms with Gasteiger partial charge in [-0.05, 0) is 36.1 Å². The molecule has 0 radical (unpaired) electrons. The minimum absolute atomic E-state index is 0.239. The quantitative estimate of drug-likeness (QED) is 0.944. The fraction of sp³-hybridized carbons (Fsp3) is 0.333. The van der Waals surface area contributed by atoms with Gasteiger partial charge < -0.3 is 14.7 Å². The highest BCUT2D eigenvalue weighted by Crippen LogP contribution is 2.33. The van der Waals surface area contributed by atoms with Crippen LogP contribution in [0.25, 0.3) is 11.3 Å². The molecule has 1 aromatic carbocycles. The molecule has 0 spiro atoms. The molecular weight excluding hydrogens is 292 g/mol. The number of rotatable bonds is 3. The first-order valence-corrected chi connectivity index (χ1v) is 7.75. The van der Waals surface area contributed by atoms with Crippen molar-refractivity contribution in [2.45, 2.75) is 18.9 Å². The molecule has 1 aliphatic heterocycles. The summed E-state index contributed by atoms with van der Waals surface area (Å²) < 4.78 is 5.92. The van der Waals surface area contributed by atoms with Crippen molar-refractivity contribution in [1.29, 1.82) is 0 Å². The lowest BCUT2D eigenvalue weighted by atomic mass is 9.92. The summed E-state index contributed by atoms with van der Waals surface area (Å²) in [5.74, 6) is 0. The number of hydrogen-bond donors (Lipinski definition) is 1. The summed E-state index contributed by atoms with van der Waals surface area (Å²) in [6.45, 7) is 0.961. The van der Waals surface area contributed by atoms with Gasteiger partial charge in [0.2, 0.25) is 0 Å². The molecule has 0 bridgehead atoms. The van der Waals surface area contributed by atoms with E-state index in [2.05, 4.69) is 11.1 Å². The summed E-state index contributed by atoms with van der Waals surface area (Å²) in [6, 6.07) is 12.0. The SMILES string of the molecule is CN(CC1OCCCc2c(-c3ccccn3)cccc21)C(=O)O. The highest BCUT2D eigenvalue weighted by atomic mass is 16.5. The number of carboxylic acid groups (broad SMARTS) is 1. The number of pyridine rings is 1. The van der Waals surface area contributed by atoms with E-state index in [1.807, 2.05) is 30.3 Å². The van der Waals surface area contributed by atoms with Gasteiger partial charge >= 0.3 is 6.09 Å². The van der Waals surface area contributed by atoms with Crippen LogP contribution in [0.15, 0.2) is 42.6 Å². The van der Waals surface area contributed by atoms with Crippen LogP contribution >= 0.6 is 0 Å². The Labute approximate surface area is 135 Å². The van der Waals surface area contributed by atoms with E-state index in [1.54, 1.807) is 13.2 Å². The number of ether oxygens (including phenoxy) is 1. The first-order valence-electron chi connectivity index (χ1n) is 7.75. The minimum atomic E-state index is -0.944. The summed E-state index contributed by atoms with van der Waals surface area (Å²) in [5.41, 5.74) is 4.33. The summed E-state index contributed by atoms with van der Waals surface area (Å²) in [4.78, 5) is 16.8. The first kappa shape index (κ1) is 15.5. The van der Waals surface area contributed by atoms with Gasteiger partial charge in [0.1, 0.15) is 6.10 Å². The van der Waals surface area contributed by atoms with Crippen LogP contribution < -0.4 is 0 Å². The van der Waals surface area contributed by atoms with Crippen molar-refractivity contribution in [3.8, 4) is 11.3 Å². The standard InChI is InChI=1S/C18H20N2O3/c1-20(18(21)22)12-17-15-7-4-6-14(13(15)8-5-11-23-17)16-9-2-3-10-19-16/h2-4,6-7,9-10,17H,5,8,11-12H2,1H3,(H,21,22). The molecule has 5 nitrogen and oxygen atoms in total. The largest absolute Gasteiger partial charge is 0.465 e. The highest BCUT2D eigenvalue weighted by Gasteiger charge is 2.24. The van der Waals surface area contributed by atoms with Crippen LogP contribution in [0.3, 0.4) is 0 Å². The van der Waals surface area contributed by atoms with E-state index < -0.39 is 6.09 Å². The molecule has 0 fully saturated rings. The first-order chi connectivity index (χ1) is 11.2. The third-order valence-corrected chi connectivity index (χ3v) is 4.16. The molecule has 3 rings (SSSR count). The van der Waals surface area contributed by atoms with E-state index in [1.165, 1.54) is 10.5 Å². The maximum atomic E-state index is 11.1. The molecule has 23 heavy (non-hydrogen) atoms. The second kappa shape index (κ2) is 6.79. The fourth-order valence-corrected chi connectivity index (χ4v) is 2.99. The van der Waals surface area contributed by atoms with Crippen LogP contribution in [0, 0.1) is 0 Å². The Morgan fingerprint density at radius 1 is 1.35 bits per heavy atom. The van der Waals surface area contributed by atoms with Gasteiger partial charge in [-0.3, -0.25) is 4.98 Å². The Hall–Kier alpha value is -2.40. The summed E-state index contributed by atoms with van der Waals surface area (Å²) in [6.07, 6.45) is 2.44. The van der Waals surface area contributed by atoms with Crippen molar-refractivity contribution < 1.29 is 14.6 Å². The number of carbonyl (C=O) groups is 1. The van der Waals surface area contributed by atoms with E-state index in [-0.39, 0.29) is 6.10 Å². The molecule has 0 saturated carbocycles. The van der Waals surface area contributed by atoms with E-state index in [0.29, 0.717) is 13.2 Å². The molecular formula is C18H20N2O3. The molecule has 1 aliphatic rings. The van der Waals surface area contributed by atoms with Gasteiger partial charge in [-0.1, -0.05) is 24.3 Å². The Kier molecular flexibility index (Phi) is 4.57. The fourth-order valence-electron chi connectivity index (χ4n) is 2.99. The number of benzene rings is 1. The Balaban J connectivity index is 2.00. The molecule has 1 atom stereocenters. The molecule has 5 heteroatoms. The normalized spacial score (nSPS) is 17.2. The predicted octanol–water partition coefficient (Wildman–Crippen LogP) is 3.36. The van der Waals surface area contributed by atoms with Gasteiger partial charge in [0.25, 0.3) is 0 Å². The third kappa shape index (κ3) is 3.35. The second-order valence-corrected chi connectivity index (χ2v) is 5.71. The van der Waals surface area contributed by atoms with Crippen LogP contribution in [0.5, 0.6) is 0 Å². The molecule has 1 amide bonds. The number of aromatic nitrogens is 1. The van der Waals surface area contributed by atoms with Gasteiger partial charge in [0, 0.05) is 25.4 Å². The molecule has 1 aromatic heterocycles. The van der Waals surface area contributed by atoms with Crippen molar-refractivity contribution >= 4 is 6.09 Å². The van der Waals surface area contributed by atoms with Crippen LogP contribution in [0.2, 0.25) is 0 Å². The second-order valence-electron chi connectivity index (χ2n) is 5.71. The van der Waals surface area contributed by atoms with Gasteiger partial charge in [-0.25, -0.2) is 4.79 Å². The Morgan fingerprint density at radius 3 is 2.96 bits per heavy atom. The van der Waals surface area contributed by atoms with E-state index in [4.69, 9.17) is 9.84 Å². The summed E-state index contributed by atoms with van der Waals surface area (Å²) in [5, 5.41) is 9.12. The molecule has 1 N–H and O–H groups in total. The van der Waals surface area contributed by atoms with Crippen molar-refractivity contribution in [2.75, 3.05) is 20.2 Å². The average Bonchev–Trinajstić information content (AvgIpc) is 2.78. The van der Waals surface area contributed by atoms with E-state index >= 15 is 0 Å². The van der Waals surface area contributed by atoms with Gasteiger partial charge in [-0.15, -0.1) is 0 Å². The minimum Gasteiger partial charge on any atom is -0.465 e. The van der Waals surface area contributed by atoms with Crippen molar-refractivity contribution in [3.05, 3.63) is 53.7 Å². The molecule has 2 aromatic rings. The van der Waals surface area contributed by atoms with Gasteiger partial charge in [0.15, 0.2) is 0 Å². The molecule has 2 heterocycles. The van der Waals surface area contributed by atoms with Crippen LogP contribution in [-0.4, -0.2) is 41.3 Å². The lowest BCUT2D eigenvalue weighted by Crippen LogP contribution is -2.30. The number of nitrogens with zero attached hydrogens (tertiary/aromatic N) is 2. The van der Waals surface area contributed by atoms with Crippen molar-refractivity contribution in [2.24, 2.45) is 0 Å². The zero-order valence-corrected chi connectivity index (χ0v) is 13.1. The lowest BCUT2D eigenvalue weighted by molar-refractivity contribution is 0.0345. The lowest BCUT2D eigenvalue weighted by Gasteiger charge is -2.23. The smallest absolute Gasteiger partial charge is 0.407 e. The van der Waals surface area contributed by atoms with Crippen LogP contribution in [0.4, 0.5) is 4.79 Å². The summed E-state index contributed by atoms with van der Waals surface area (Å²) >= 11 is 0. The molecule has 1 unspecified atom stereocenters. The van der Waals surface area contributed by atoms with Crippen LogP contribution in [0.1, 0.15) is 23.7 Å². The Morgan fingerprint density at radius 2 is 2.22 bits per heavy atom. The zero-order chi connectivity index (χ0) is 16.2. The number of fused-ring (bicyclic) bond motifs is 1. The predicted molar refractivity (Wildman–Crippen MR) is 87.3 cm³/mol. The van der Waals surface area contributed by atoms with Crippen LogP contribution in [-0.2, 0) is 11.2 Å². The topological polar surface area (TPSA) is 62.7 Å².